The highest BCUT2D eigenvalue weighted by atomic mass is 35.5. The molecule has 0 saturated heterocycles. The second-order valence-electron chi connectivity index (χ2n) is 3.82. The van der Waals surface area contributed by atoms with Gasteiger partial charge in [-0.25, -0.2) is 4.39 Å². The van der Waals surface area contributed by atoms with Crippen LogP contribution in [0.15, 0.2) is 35.7 Å². The number of benzene rings is 1. The van der Waals surface area contributed by atoms with Crippen molar-refractivity contribution in [3.63, 3.8) is 0 Å². The third kappa shape index (κ3) is 2.79. The zero-order valence-electron chi connectivity index (χ0n) is 9.49. The summed E-state index contributed by atoms with van der Waals surface area (Å²) in [5.41, 5.74) is 1.42. The molecule has 1 nitrogen and oxygen atoms in total. The van der Waals surface area contributed by atoms with E-state index in [4.69, 9.17) is 11.6 Å². The van der Waals surface area contributed by atoms with Crippen LogP contribution in [0.5, 0.6) is 0 Å². The van der Waals surface area contributed by atoms with Gasteiger partial charge in [-0.3, -0.25) is 0 Å². The summed E-state index contributed by atoms with van der Waals surface area (Å²) < 4.78 is 13.8. The maximum atomic E-state index is 13.8. The summed E-state index contributed by atoms with van der Waals surface area (Å²) in [5.74, 6) is 0.101. The van der Waals surface area contributed by atoms with Gasteiger partial charge >= 0.3 is 0 Å². The molecule has 1 heterocycles. The fraction of sp³-hybridized carbons (Fsp3) is 0.231. The molecule has 0 saturated carbocycles. The van der Waals surface area contributed by atoms with Crippen molar-refractivity contribution in [3.8, 4) is 0 Å². The van der Waals surface area contributed by atoms with Gasteiger partial charge in [0, 0.05) is 17.8 Å². The Labute approximate surface area is 109 Å². The van der Waals surface area contributed by atoms with Crippen LogP contribution in [0.4, 0.5) is 10.1 Å². The first-order chi connectivity index (χ1) is 8.22. The zero-order chi connectivity index (χ0) is 12.3. The molecule has 0 bridgehead atoms. The van der Waals surface area contributed by atoms with Gasteiger partial charge in [0.15, 0.2) is 0 Å². The van der Waals surface area contributed by atoms with Crippen LogP contribution in [0.1, 0.15) is 10.4 Å². The summed E-state index contributed by atoms with van der Waals surface area (Å²) in [4.78, 5) is 3.11. The molecule has 0 amide bonds. The van der Waals surface area contributed by atoms with E-state index in [2.05, 4.69) is 0 Å². The van der Waals surface area contributed by atoms with Crippen molar-refractivity contribution in [2.24, 2.45) is 0 Å². The molecule has 0 aliphatic rings. The third-order valence-electron chi connectivity index (χ3n) is 2.57. The van der Waals surface area contributed by atoms with Crippen LogP contribution in [-0.4, -0.2) is 7.05 Å². The fourth-order valence-electron chi connectivity index (χ4n) is 1.81. The van der Waals surface area contributed by atoms with Crippen LogP contribution in [0, 0.1) is 5.82 Å². The molecule has 17 heavy (non-hydrogen) atoms. The number of anilines is 1. The number of para-hydroxylation sites is 1. The first-order valence-electron chi connectivity index (χ1n) is 5.29. The van der Waals surface area contributed by atoms with E-state index in [9.17, 15) is 4.39 Å². The minimum Gasteiger partial charge on any atom is -0.367 e. The van der Waals surface area contributed by atoms with Crippen LogP contribution in [-0.2, 0) is 12.4 Å². The first kappa shape index (κ1) is 12.4. The van der Waals surface area contributed by atoms with Gasteiger partial charge in [0.25, 0.3) is 0 Å². The number of rotatable bonds is 4. The lowest BCUT2D eigenvalue weighted by Crippen LogP contribution is -2.18. The smallest absolute Gasteiger partial charge is 0.146 e. The van der Waals surface area contributed by atoms with Crippen LogP contribution < -0.4 is 4.90 Å². The Morgan fingerprint density at radius 2 is 2.12 bits per heavy atom. The van der Waals surface area contributed by atoms with E-state index in [1.165, 1.54) is 10.9 Å². The molecule has 0 aliphatic carbocycles. The standard InChI is InChI=1S/C13H13ClFNS/c1-16(9-11-5-3-7-17-11)13-10(8-14)4-2-6-12(13)15/h2-7H,8-9H2,1H3. The lowest BCUT2D eigenvalue weighted by molar-refractivity contribution is 0.621. The molecular weight excluding hydrogens is 257 g/mol. The van der Waals surface area contributed by atoms with E-state index in [0.717, 1.165) is 5.56 Å². The molecule has 0 aliphatic heterocycles. The van der Waals surface area contributed by atoms with Gasteiger partial charge in [-0.05, 0) is 23.1 Å². The highest BCUT2D eigenvalue weighted by molar-refractivity contribution is 7.09. The van der Waals surface area contributed by atoms with E-state index in [1.807, 2.05) is 35.5 Å². The average molecular weight is 270 g/mol. The van der Waals surface area contributed by atoms with Crippen LogP contribution in [0.3, 0.4) is 0 Å². The quantitative estimate of drug-likeness (QED) is 0.750. The Balaban J connectivity index is 2.26. The van der Waals surface area contributed by atoms with Crippen molar-refractivity contribution < 1.29 is 4.39 Å². The van der Waals surface area contributed by atoms with Crippen molar-refractivity contribution >= 4 is 28.6 Å². The van der Waals surface area contributed by atoms with E-state index >= 15 is 0 Å². The van der Waals surface area contributed by atoms with Gasteiger partial charge in [-0.15, -0.1) is 22.9 Å². The molecule has 0 fully saturated rings. The monoisotopic (exact) mass is 269 g/mol. The van der Waals surface area contributed by atoms with Crippen LogP contribution in [0.2, 0.25) is 0 Å². The molecule has 1 aromatic heterocycles. The predicted octanol–water partition coefficient (Wildman–Crippen LogP) is 4.26. The van der Waals surface area contributed by atoms with E-state index in [1.54, 1.807) is 17.4 Å². The molecular formula is C13H13ClFNS. The molecule has 0 unspecified atom stereocenters. The van der Waals surface area contributed by atoms with Gasteiger partial charge in [-0.1, -0.05) is 18.2 Å². The fourth-order valence-corrected chi connectivity index (χ4v) is 2.78. The zero-order valence-corrected chi connectivity index (χ0v) is 11.1. The normalized spacial score (nSPS) is 10.5. The Morgan fingerprint density at radius 1 is 1.29 bits per heavy atom. The lowest BCUT2D eigenvalue weighted by atomic mass is 10.1. The second kappa shape index (κ2) is 5.52. The van der Waals surface area contributed by atoms with Gasteiger partial charge in [0.05, 0.1) is 12.2 Å². The van der Waals surface area contributed by atoms with E-state index in [0.29, 0.717) is 18.1 Å². The van der Waals surface area contributed by atoms with E-state index < -0.39 is 0 Å². The van der Waals surface area contributed by atoms with Crippen molar-refractivity contribution in [3.05, 3.63) is 52.0 Å². The molecule has 0 atom stereocenters. The Bertz CT molecular complexity index is 484. The second-order valence-corrected chi connectivity index (χ2v) is 5.12. The van der Waals surface area contributed by atoms with E-state index in [-0.39, 0.29) is 5.82 Å². The highest BCUT2D eigenvalue weighted by Crippen LogP contribution is 2.26. The number of hydrogen-bond acceptors (Lipinski definition) is 2. The number of alkyl halides is 1. The molecule has 2 rings (SSSR count). The largest absolute Gasteiger partial charge is 0.367 e. The summed E-state index contributed by atoms with van der Waals surface area (Å²) in [5, 5.41) is 2.02. The highest BCUT2D eigenvalue weighted by Gasteiger charge is 2.12. The summed E-state index contributed by atoms with van der Waals surface area (Å²) in [6.07, 6.45) is 0. The molecule has 1 aromatic carbocycles. The molecule has 90 valence electrons. The van der Waals surface area contributed by atoms with Crippen molar-refractivity contribution in [2.75, 3.05) is 11.9 Å². The van der Waals surface area contributed by atoms with Crippen molar-refractivity contribution in [2.45, 2.75) is 12.4 Å². The minimum atomic E-state index is -0.220. The number of nitrogens with zero attached hydrogens (tertiary/aromatic N) is 1. The van der Waals surface area contributed by atoms with Crippen molar-refractivity contribution in [1.29, 1.82) is 0 Å². The molecule has 4 heteroatoms. The maximum Gasteiger partial charge on any atom is 0.146 e. The third-order valence-corrected chi connectivity index (χ3v) is 3.72. The lowest BCUT2D eigenvalue weighted by Gasteiger charge is -2.21. The predicted molar refractivity (Wildman–Crippen MR) is 72.4 cm³/mol. The number of halogens is 2. The van der Waals surface area contributed by atoms with Gasteiger partial charge in [0.1, 0.15) is 5.82 Å². The Hall–Kier alpha value is -1.06. The van der Waals surface area contributed by atoms with Gasteiger partial charge in [0.2, 0.25) is 0 Å². The van der Waals surface area contributed by atoms with Crippen LogP contribution in [0.25, 0.3) is 0 Å². The van der Waals surface area contributed by atoms with Gasteiger partial charge in [-0.2, -0.15) is 0 Å². The van der Waals surface area contributed by atoms with Gasteiger partial charge < -0.3 is 4.90 Å². The minimum absolute atomic E-state index is 0.220. The summed E-state index contributed by atoms with van der Waals surface area (Å²) in [6, 6.07) is 9.06. The first-order valence-corrected chi connectivity index (χ1v) is 6.70. The summed E-state index contributed by atoms with van der Waals surface area (Å²) in [7, 11) is 1.88. The number of hydrogen-bond donors (Lipinski definition) is 0. The average Bonchev–Trinajstić information content (AvgIpc) is 2.81. The molecule has 0 radical (unpaired) electrons. The van der Waals surface area contributed by atoms with Crippen molar-refractivity contribution in [1.82, 2.24) is 0 Å². The number of thiophene rings is 1. The topological polar surface area (TPSA) is 3.24 Å². The van der Waals surface area contributed by atoms with Crippen LogP contribution >= 0.6 is 22.9 Å². The molecule has 0 spiro atoms. The summed E-state index contributed by atoms with van der Waals surface area (Å²) in [6.45, 7) is 0.697. The Morgan fingerprint density at radius 3 is 2.76 bits per heavy atom. The Kier molecular flexibility index (Phi) is 4.02. The summed E-state index contributed by atoms with van der Waals surface area (Å²) >= 11 is 7.51. The molecule has 2 aromatic rings. The SMILES string of the molecule is CN(Cc1cccs1)c1c(F)cccc1CCl. The maximum absolute atomic E-state index is 13.8. The molecule has 0 N–H and O–H groups in total.